The number of imide groups is 1. The number of hydrogen-bond acceptors (Lipinski definition) is 10. The van der Waals surface area contributed by atoms with Crippen molar-refractivity contribution in [3.05, 3.63) is 76.1 Å². The van der Waals surface area contributed by atoms with Gasteiger partial charge in [0.15, 0.2) is 0 Å². The zero-order chi connectivity index (χ0) is 35.5. The largest absolute Gasteiger partial charge is 0.497 e. The number of carbonyl (C=O) groups excluding carboxylic acids is 2. The number of aromatic amines is 1. The van der Waals surface area contributed by atoms with Crippen LogP contribution in [0.3, 0.4) is 0 Å². The second kappa shape index (κ2) is 13.2. The number of piperidine rings is 2. The Bertz CT molecular complexity index is 2090. The second-order valence-electron chi connectivity index (χ2n) is 15.1. The number of nitrogens with one attached hydrogen (secondary N) is 2. The monoisotopic (exact) mass is 703 g/mol. The molecule has 270 valence electrons. The summed E-state index contributed by atoms with van der Waals surface area (Å²) >= 11 is 0. The first-order valence-corrected chi connectivity index (χ1v) is 18.5. The van der Waals surface area contributed by atoms with E-state index in [2.05, 4.69) is 60.2 Å². The summed E-state index contributed by atoms with van der Waals surface area (Å²) in [7, 11) is 3.12. The highest BCUT2D eigenvalue weighted by Crippen LogP contribution is 2.38. The number of H-pyrrole nitrogens is 1. The van der Waals surface area contributed by atoms with E-state index in [1.807, 2.05) is 12.1 Å². The van der Waals surface area contributed by atoms with Crippen molar-refractivity contribution in [1.29, 1.82) is 0 Å². The van der Waals surface area contributed by atoms with Crippen LogP contribution in [0.15, 0.2) is 59.4 Å². The maximum Gasteiger partial charge on any atom is 0.262 e. The smallest absolute Gasteiger partial charge is 0.262 e. The first-order chi connectivity index (χ1) is 25.3. The average Bonchev–Trinajstić information content (AvgIpc) is 3.89. The van der Waals surface area contributed by atoms with Crippen LogP contribution >= 0.6 is 0 Å². The van der Waals surface area contributed by atoms with E-state index in [1.54, 1.807) is 19.2 Å². The van der Waals surface area contributed by atoms with Crippen molar-refractivity contribution in [2.45, 2.75) is 63.3 Å². The number of nitrogens with zero attached hydrogens (tertiary/aromatic N) is 5. The minimum Gasteiger partial charge on any atom is -0.497 e. The fourth-order valence-electron chi connectivity index (χ4n) is 9.29. The van der Waals surface area contributed by atoms with E-state index in [0.717, 1.165) is 44.8 Å². The molecule has 0 spiro atoms. The lowest BCUT2D eigenvalue weighted by atomic mass is 9.95. The van der Waals surface area contributed by atoms with Gasteiger partial charge in [-0.3, -0.25) is 29.5 Å². The Morgan fingerprint density at radius 3 is 2.37 bits per heavy atom. The maximum atomic E-state index is 13.0. The SMILES string of the molecule is COc1cc(OC)c2c(=O)[nH]c(-c3ccc(N4CCC(CN5CC6CC5CN6c5ccc6c(c5)CN(C5CCC(=O)NC5=O)C6)CC4)cc3)nc2c1. The van der Waals surface area contributed by atoms with Gasteiger partial charge in [-0.2, -0.15) is 0 Å². The summed E-state index contributed by atoms with van der Waals surface area (Å²) < 4.78 is 10.8. The molecule has 12 heteroatoms. The van der Waals surface area contributed by atoms with E-state index in [1.165, 1.54) is 55.4 Å². The highest BCUT2D eigenvalue weighted by molar-refractivity contribution is 6.00. The van der Waals surface area contributed by atoms with E-state index in [-0.39, 0.29) is 23.4 Å². The zero-order valence-corrected chi connectivity index (χ0v) is 29.8. The van der Waals surface area contributed by atoms with Crippen molar-refractivity contribution in [2.24, 2.45) is 5.92 Å². The summed E-state index contributed by atoms with van der Waals surface area (Å²) in [6.45, 7) is 6.97. The van der Waals surface area contributed by atoms with Crippen LogP contribution in [-0.2, 0) is 22.7 Å². The van der Waals surface area contributed by atoms with Crippen LogP contribution in [0.4, 0.5) is 11.4 Å². The highest BCUT2D eigenvalue weighted by Gasteiger charge is 2.44. The molecule has 5 aliphatic rings. The fraction of sp³-hybridized carbons (Fsp3) is 0.450. The first-order valence-electron chi connectivity index (χ1n) is 18.5. The van der Waals surface area contributed by atoms with Crippen LogP contribution in [-0.4, -0.2) is 96.7 Å². The number of aromatic nitrogens is 2. The Morgan fingerprint density at radius 1 is 0.846 bits per heavy atom. The van der Waals surface area contributed by atoms with Gasteiger partial charge in [0.25, 0.3) is 5.56 Å². The van der Waals surface area contributed by atoms with Crippen LogP contribution in [0, 0.1) is 5.92 Å². The third kappa shape index (κ3) is 5.97. The molecule has 4 fully saturated rings. The predicted octanol–water partition coefficient (Wildman–Crippen LogP) is 3.91. The third-order valence-electron chi connectivity index (χ3n) is 12.1. The van der Waals surface area contributed by atoms with E-state index in [4.69, 9.17) is 14.5 Å². The quantitative estimate of drug-likeness (QED) is 0.261. The molecule has 4 saturated heterocycles. The molecule has 1 aromatic heterocycles. The number of amides is 2. The molecule has 3 aromatic carbocycles. The minimum atomic E-state index is -0.243. The number of benzene rings is 3. The molecule has 3 unspecified atom stereocenters. The summed E-state index contributed by atoms with van der Waals surface area (Å²) in [5.74, 6) is 1.92. The molecule has 2 bridgehead atoms. The van der Waals surface area contributed by atoms with Crippen LogP contribution in [0.2, 0.25) is 0 Å². The van der Waals surface area contributed by atoms with E-state index >= 15 is 0 Å². The number of piperazine rings is 1. The summed E-state index contributed by atoms with van der Waals surface area (Å²) in [5.41, 5.74) is 6.24. The topological polar surface area (TPSA) is 123 Å². The van der Waals surface area contributed by atoms with E-state index in [9.17, 15) is 14.4 Å². The lowest BCUT2D eigenvalue weighted by Gasteiger charge is -2.40. The molecule has 52 heavy (non-hydrogen) atoms. The van der Waals surface area contributed by atoms with Crippen molar-refractivity contribution in [3.8, 4) is 22.9 Å². The van der Waals surface area contributed by atoms with Crippen LogP contribution in [0.25, 0.3) is 22.3 Å². The molecular formula is C40H45N7O5. The van der Waals surface area contributed by atoms with E-state index in [0.29, 0.717) is 59.1 Å². The van der Waals surface area contributed by atoms with Gasteiger partial charge in [-0.15, -0.1) is 0 Å². The van der Waals surface area contributed by atoms with Crippen LogP contribution in [0.5, 0.6) is 11.5 Å². The molecule has 0 radical (unpaired) electrons. The molecule has 4 aromatic rings. The molecule has 12 nitrogen and oxygen atoms in total. The van der Waals surface area contributed by atoms with Gasteiger partial charge in [0, 0.05) is 93.4 Å². The number of methoxy groups -OCH3 is 2. The Labute approximate surface area is 302 Å². The van der Waals surface area contributed by atoms with Gasteiger partial charge in [-0.05, 0) is 79.1 Å². The number of hydrogen-bond donors (Lipinski definition) is 2. The number of fused-ring (bicyclic) bond motifs is 4. The Kier molecular flexibility index (Phi) is 8.38. The van der Waals surface area contributed by atoms with Crippen molar-refractivity contribution >= 4 is 34.1 Å². The molecule has 2 N–H and O–H groups in total. The van der Waals surface area contributed by atoms with Crippen LogP contribution in [0.1, 0.15) is 43.2 Å². The summed E-state index contributed by atoms with van der Waals surface area (Å²) in [6, 6.07) is 19.6. The minimum absolute atomic E-state index is 0.153. The van der Waals surface area contributed by atoms with Crippen molar-refractivity contribution in [1.82, 2.24) is 25.1 Å². The maximum absolute atomic E-state index is 13.0. The van der Waals surface area contributed by atoms with Gasteiger partial charge in [-0.25, -0.2) is 4.98 Å². The standard InChI is InChI=1S/C40H45N7O5/c1-51-32-17-33-37(35(18-32)52-2)40(50)43-38(41-33)25-3-6-28(7-4-25)44-13-11-24(12-14-44)19-45-22-31-16-30(45)23-47(31)29-8-5-26-20-46(21-27(26)15-29)34-9-10-36(48)42-39(34)49/h3-8,15,17-18,24,30-31,34H,9-14,16,19-23H2,1-2H3,(H,41,43,50)(H,42,48,49). The van der Waals surface area contributed by atoms with Gasteiger partial charge < -0.3 is 24.3 Å². The Morgan fingerprint density at radius 2 is 1.63 bits per heavy atom. The van der Waals surface area contributed by atoms with Crippen molar-refractivity contribution in [2.75, 3.05) is 56.7 Å². The zero-order valence-electron chi connectivity index (χ0n) is 29.8. The molecule has 3 atom stereocenters. The lowest BCUT2D eigenvalue weighted by molar-refractivity contribution is -0.137. The summed E-state index contributed by atoms with van der Waals surface area (Å²) in [5, 5.41) is 2.93. The third-order valence-corrected chi connectivity index (χ3v) is 12.1. The fourth-order valence-corrected chi connectivity index (χ4v) is 9.29. The molecule has 6 heterocycles. The predicted molar refractivity (Wildman–Crippen MR) is 199 cm³/mol. The van der Waals surface area contributed by atoms with Crippen molar-refractivity contribution in [3.63, 3.8) is 0 Å². The summed E-state index contributed by atoms with van der Waals surface area (Å²) in [4.78, 5) is 54.8. The van der Waals surface area contributed by atoms with Gasteiger partial charge in [0.1, 0.15) is 22.7 Å². The van der Waals surface area contributed by atoms with Gasteiger partial charge in [-0.1, -0.05) is 6.07 Å². The molecule has 9 rings (SSSR count). The number of carbonyl (C=O) groups is 2. The van der Waals surface area contributed by atoms with Crippen LogP contribution < -0.4 is 30.1 Å². The second-order valence-corrected chi connectivity index (χ2v) is 15.1. The number of rotatable bonds is 8. The lowest BCUT2D eigenvalue weighted by Crippen LogP contribution is -2.50. The summed E-state index contributed by atoms with van der Waals surface area (Å²) in [6.07, 6.45) is 4.60. The first kappa shape index (κ1) is 32.9. The van der Waals surface area contributed by atoms with Crippen molar-refractivity contribution < 1.29 is 19.1 Å². The highest BCUT2D eigenvalue weighted by atomic mass is 16.5. The Balaban J connectivity index is 0.782. The molecule has 0 saturated carbocycles. The average molecular weight is 704 g/mol. The normalized spacial score (nSPS) is 23.8. The van der Waals surface area contributed by atoms with Gasteiger partial charge in [0.2, 0.25) is 11.8 Å². The molecule has 2 amide bonds. The van der Waals surface area contributed by atoms with E-state index < -0.39 is 0 Å². The molecule has 5 aliphatic heterocycles. The Hall–Kier alpha value is -4.94. The number of likely N-dealkylation sites (tertiary alicyclic amines) is 1. The van der Waals surface area contributed by atoms with Gasteiger partial charge in [0.05, 0.1) is 25.8 Å². The number of anilines is 2. The molecule has 0 aliphatic carbocycles. The van der Waals surface area contributed by atoms with Gasteiger partial charge >= 0.3 is 0 Å². The molecular weight excluding hydrogens is 658 g/mol. The number of ether oxygens (including phenoxy) is 2.